The lowest BCUT2D eigenvalue weighted by atomic mass is 10.1. The Morgan fingerprint density at radius 1 is 1.42 bits per heavy atom. The zero-order valence-corrected chi connectivity index (χ0v) is 11.3. The van der Waals surface area contributed by atoms with Crippen molar-refractivity contribution in [3.8, 4) is 0 Å². The van der Waals surface area contributed by atoms with Gasteiger partial charge in [-0.25, -0.2) is 0 Å². The zero-order valence-electron chi connectivity index (χ0n) is 11.3. The number of hydrogen-bond donors (Lipinski definition) is 2. The van der Waals surface area contributed by atoms with Gasteiger partial charge < -0.3 is 19.5 Å². The molecule has 0 atom stereocenters. The highest BCUT2D eigenvalue weighted by Crippen LogP contribution is 2.16. The van der Waals surface area contributed by atoms with E-state index in [1.54, 1.807) is 20.8 Å². The minimum Gasteiger partial charge on any atom is -0.481 e. The molecule has 6 nitrogen and oxygen atoms in total. The van der Waals surface area contributed by atoms with Crippen LogP contribution in [0, 0.1) is 0 Å². The van der Waals surface area contributed by atoms with Gasteiger partial charge in [0.1, 0.15) is 12.2 Å². The second kappa shape index (κ2) is 5.88. The molecule has 6 heteroatoms. The van der Waals surface area contributed by atoms with E-state index in [2.05, 4.69) is 0 Å². The Morgan fingerprint density at radius 2 is 2.05 bits per heavy atom. The lowest BCUT2D eigenvalue weighted by Crippen LogP contribution is -2.42. The highest BCUT2D eigenvalue weighted by atomic mass is 16.4. The molecular weight excluding hydrogens is 250 g/mol. The minimum atomic E-state index is -1.06. The SMILES string of the molecule is CCN(CC(C)(C)O)C(=O)c1ccoc1CC(=O)O. The zero-order chi connectivity index (χ0) is 14.6. The first-order valence-corrected chi connectivity index (χ1v) is 6.04. The fourth-order valence-corrected chi connectivity index (χ4v) is 1.77. The molecule has 1 amide bonds. The Bertz CT molecular complexity index is 458. The molecule has 106 valence electrons. The third-order valence-electron chi connectivity index (χ3n) is 2.53. The molecule has 2 N–H and O–H groups in total. The molecule has 1 heterocycles. The number of likely N-dealkylation sites (N-methyl/N-ethyl adjacent to an activating group) is 1. The normalized spacial score (nSPS) is 11.4. The van der Waals surface area contributed by atoms with Crippen molar-refractivity contribution in [2.45, 2.75) is 32.8 Å². The molecule has 19 heavy (non-hydrogen) atoms. The summed E-state index contributed by atoms with van der Waals surface area (Å²) < 4.78 is 5.03. The second-order valence-corrected chi connectivity index (χ2v) is 4.96. The summed E-state index contributed by atoms with van der Waals surface area (Å²) in [5.74, 6) is -1.27. The maximum Gasteiger partial charge on any atom is 0.311 e. The van der Waals surface area contributed by atoms with Crippen LogP contribution in [0.3, 0.4) is 0 Å². The van der Waals surface area contributed by atoms with Gasteiger partial charge in [-0.2, -0.15) is 0 Å². The lowest BCUT2D eigenvalue weighted by molar-refractivity contribution is -0.136. The summed E-state index contributed by atoms with van der Waals surface area (Å²) in [5.41, 5.74) is -0.781. The van der Waals surface area contributed by atoms with Gasteiger partial charge in [0.2, 0.25) is 0 Å². The van der Waals surface area contributed by atoms with E-state index >= 15 is 0 Å². The summed E-state index contributed by atoms with van der Waals surface area (Å²) in [5, 5.41) is 18.5. The minimum absolute atomic E-state index is 0.131. The highest BCUT2D eigenvalue weighted by Gasteiger charge is 2.25. The number of aliphatic hydroxyl groups is 1. The van der Waals surface area contributed by atoms with E-state index in [0.717, 1.165) is 0 Å². The number of carboxylic acids is 1. The maximum atomic E-state index is 12.3. The van der Waals surface area contributed by atoms with Crippen molar-refractivity contribution >= 4 is 11.9 Å². The van der Waals surface area contributed by atoms with E-state index in [-0.39, 0.29) is 30.2 Å². The molecule has 0 aliphatic rings. The number of carboxylic acid groups (broad SMARTS) is 1. The number of furan rings is 1. The molecule has 0 bridgehead atoms. The fourth-order valence-electron chi connectivity index (χ4n) is 1.77. The standard InChI is InChI=1S/C13H19NO5/c1-4-14(8-13(2,3)18)12(17)9-5-6-19-10(9)7-11(15)16/h5-6,18H,4,7-8H2,1-3H3,(H,15,16). The molecule has 0 spiro atoms. The second-order valence-electron chi connectivity index (χ2n) is 4.96. The first-order valence-electron chi connectivity index (χ1n) is 6.04. The largest absolute Gasteiger partial charge is 0.481 e. The Kier molecular flexibility index (Phi) is 4.72. The van der Waals surface area contributed by atoms with Crippen LogP contribution in [0.25, 0.3) is 0 Å². The van der Waals surface area contributed by atoms with Crippen LogP contribution in [0.4, 0.5) is 0 Å². The van der Waals surface area contributed by atoms with Crippen LogP contribution >= 0.6 is 0 Å². The van der Waals surface area contributed by atoms with Gasteiger partial charge in [0.25, 0.3) is 5.91 Å². The summed E-state index contributed by atoms with van der Waals surface area (Å²) in [6.07, 6.45) is 0.956. The van der Waals surface area contributed by atoms with Crippen LogP contribution in [-0.2, 0) is 11.2 Å². The van der Waals surface area contributed by atoms with Gasteiger partial charge in [0.15, 0.2) is 0 Å². The van der Waals surface area contributed by atoms with Crippen molar-refractivity contribution in [2.24, 2.45) is 0 Å². The quantitative estimate of drug-likeness (QED) is 0.808. The molecule has 1 aromatic heterocycles. The van der Waals surface area contributed by atoms with Crippen molar-refractivity contribution < 1.29 is 24.2 Å². The molecule has 1 aromatic rings. The van der Waals surface area contributed by atoms with E-state index in [9.17, 15) is 14.7 Å². The Hall–Kier alpha value is -1.82. The molecule has 0 aliphatic carbocycles. The summed E-state index contributed by atoms with van der Waals surface area (Å²) in [7, 11) is 0. The fraction of sp³-hybridized carbons (Fsp3) is 0.538. The Labute approximate surface area is 111 Å². The first kappa shape index (κ1) is 15.2. The van der Waals surface area contributed by atoms with E-state index in [1.807, 2.05) is 0 Å². The van der Waals surface area contributed by atoms with Gasteiger partial charge in [-0.1, -0.05) is 0 Å². The average Bonchev–Trinajstić information content (AvgIpc) is 2.70. The van der Waals surface area contributed by atoms with E-state index < -0.39 is 11.6 Å². The number of carbonyl (C=O) groups is 2. The molecule has 0 saturated heterocycles. The van der Waals surface area contributed by atoms with Crippen LogP contribution in [0.1, 0.15) is 36.9 Å². The van der Waals surface area contributed by atoms with Gasteiger partial charge in [-0.05, 0) is 26.8 Å². The van der Waals surface area contributed by atoms with Crippen molar-refractivity contribution in [1.29, 1.82) is 0 Å². The first-order chi connectivity index (χ1) is 8.74. The van der Waals surface area contributed by atoms with E-state index in [0.29, 0.717) is 6.54 Å². The molecule has 1 rings (SSSR count). The smallest absolute Gasteiger partial charge is 0.311 e. The van der Waals surface area contributed by atoms with Crippen molar-refractivity contribution in [3.63, 3.8) is 0 Å². The van der Waals surface area contributed by atoms with E-state index in [1.165, 1.54) is 17.2 Å². The van der Waals surface area contributed by atoms with Gasteiger partial charge in [0, 0.05) is 13.1 Å². The summed E-state index contributed by atoms with van der Waals surface area (Å²) >= 11 is 0. The van der Waals surface area contributed by atoms with Crippen LogP contribution < -0.4 is 0 Å². The molecule has 0 saturated carbocycles. The summed E-state index contributed by atoms with van der Waals surface area (Å²) in [6, 6.07) is 1.45. The van der Waals surface area contributed by atoms with Gasteiger partial charge in [0.05, 0.1) is 17.4 Å². The topological polar surface area (TPSA) is 91.0 Å². The number of aliphatic carboxylic acids is 1. The average molecular weight is 269 g/mol. The molecule has 0 radical (unpaired) electrons. The summed E-state index contributed by atoms with van der Waals surface area (Å²) in [6.45, 7) is 5.59. The van der Waals surface area contributed by atoms with Gasteiger partial charge in [-0.15, -0.1) is 0 Å². The number of amides is 1. The Morgan fingerprint density at radius 3 is 2.53 bits per heavy atom. The number of rotatable bonds is 6. The van der Waals surface area contributed by atoms with Crippen molar-refractivity contribution in [3.05, 3.63) is 23.7 Å². The van der Waals surface area contributed by atoms with Crippen LogP contribution in [0.15, 0.2) is 16.7 Å². The molecule has 0 fully saturated rings. The highest BCUT2D eigenvalue weighted by molar-refractivity contribution is 5.96. The monoisotopic (exact) mass is 269 g/mol. The van der Waals surface area contributed by atoms with Crippen LogP contribution in [0.5, 0.6) is 0 Å². The molecule has 0 unspecified atom stereocenters. The van der Waals surface area contributed by atoms with E-state index in [4.69, 9.17) is 9.52 Å². The number of carbonyl (C=O) groups excluding carboxylic acids is 1. The predicted molar refractivity (Wildman–Crippen MR) is 67.9 cm³/mol. The van der Waals surface area contributed by atoms with Gasteiger partial charge in [-0.3, -0.25) is 9.59 Å². The molecule has 0 aliphatic heterocycles. The third kappa shape index (κ3) is 4.40. The summed E-state index contributed by atoms with van der Waals surface area (Å²) in [4.78, 5) is 24.4. The predicted octanol–water partition coefficient (Wildman–Crippen LogP) is 1.14. The molecule has 0 aromatic carbocycles. The maximum absolute atomic E-state index is 12.3. The van der Waals surface area contributed by atoms with Crippen molar-refractivity contribution in [1.82, 2.24) is 4.90 Å². The lowest BCUT2D eigenvalue weighted by Gasteiger charge is -2.28. The Balaban J connectivity index is 2.92. The molecular formula is C13H19NO5. The third-order valence-corrected chi connectivity index (χ3v) is 2.53. The van der Waals surface area contributed by atoms with Crippen LogP contribution in [-0.4, -0.2) is 45.7 Å². The van der Waals surface area contributed by atoms with Crippen molar-refractivity contribution in [2.75, 3.05) is 13.1 Å². The number of nitrogens with zero attached hydrogens (tertiary/aromatic N) is 1. The van der Waals surface area contributed by atoms with Crippen LogP contribution in [0.2, 0.25) is 0 Å². The van der Waals surface area contributed by atoms with Gasteiger partial charge >= 0.3 is 5.97 Å². The number of hydrogen-bond acceptors (Lipinski definition) is 4.